The largest absolute Gasteiger partial charge is 0.276 e. The van der Waals surface area contributed by atoms with Crippen LogP contribution in [0.2, 0.25) is 0 Å². The summed E-state index contributed by atoms with van der Waals surface area (Å²) in [7, 11) is 3.85. The van der Waals surface area contributed by atoms with E-state index in [1.807, 2.05) is 44.9 Å². The van der Waals surface area contributed by atoms with Gasteiger partial charge < -0.3 is 0 Å². The summed E-state index contributed by atoms with van der Waals surface area (Å²) in [4.78, 5) is 8.78. The van der Waals surface area contributed by atoms with E-state index in [1.54, 1.807) is 21.6 Å². The van der Waals surface area contributed by atoms with Crippen LogP contribution in [0.25, 0.3) is 17.2 Å². The molecule has 1 aliphatic rings. The molecule has 0 atom stereocenters. The zero-order valence-corrected chi connectivity index (χ0v) is 15.5. The molecule has 0 aromatic carbocycles. The van der Waals surface area contributed by atoms with Crippen LogP contribution in [0, 0.1) is 13.8 Å². The number of fused-ring (bicyclic) bond motifs is 1. The minimum absolute atomic E-state index is 0.642. The molecular weight excluding hydrogens is 328 g/mol. The van der Waals surface area contributed by atoms with Crippen LogP contribution in [0.3, 0.4) is 0 Å². The molecule has 0 bridgehead atoms. The molecule has 0 saturated heterocycles. The zero-order valence-electron chi connectivity index (χ0n) is 15.5. The Morgan fingerprint density at radius 1 is 1.12 bits per heavy atom. The first-order chi connectivity index (χ1) is 12.5. The van der Waals surface area contributed by atoms with Gasteiger partial charge in [-0.05, 0) is 38.8 Å². The molecule has 8 heteroatoms. The molecular formula is C18H22N8. The molecule has 0 spiro atoms. The first-order valence-electron chi connectivity index (χ1n) is 8.70. The maximum absolute atomic E-state index is 4.65. The Morgan fingerprint density at radius 3 is 2.54 bits per heavy atom. The Labute approximate surface area is 151 Å². The fraction of sp³-hybridized carbons (Fsp3) is 0.389. The lowest BCUT2D eigenvalue weighted by Gasteiger charge is -2.01. The maximum Gasteiger partial charge on any atom is 0.251 e. The van der Waals surface area contributed by atoms with E-state index in [9.17, 15) is 0 Å². The molecule has 0 unspecified atom stereocenters. The molecule has 4 heterocycles. The van der Waals surface area contributed by atoms with Gasteiger partial charge in [0.05, 0.1) is 29.0 Å². The van der Waals surface area contributed by atoms with Crippen molar-refractivity contribution in [1.82, 2.24) is 39.1 Å². The third-order valence-corrected chi connectivity index (χ3v) is 4.60. The second-order valence-corrected chi connectivity index (χ2v) is 6.67. The number of imidazole rings is 1. The molecule has 1 aliphatic carbocycles. The smallest absolute Gasteiger partial charge is 0.251 e. The number of nitrogens with zero attached hydrogens (tertiary/aromatic N) is 8. The topological polar surface area (TPSA) is 78.7 Å². The van der Waals surface area contributed by atoms with Gasteiger partial charge >= 0.3 is 0 Å². The number of aromatic nitrogens is 8. The van der Waals surface area contributed by atoms with Gasteiger partial charge in [0.25, 0.3) is 5.78 Å². The van der Waals surface area contributed by atoms with Crippen LogP contribution in [-0.2, 0) is 14.1 Å². The lowest BCUT2D eigenvalue weighted by molar-refractivity contribution is 0.743. The zero-order chi connectivity index (χ0) is 18.3. The third-order valence-electron chi connectivity index (χ3n) is 4.60. The van der Waals surface area contributed by atoms with E-state index in [0.717, 1.165) is 22.8 Å². The van der Waals surface area contributed by atoms with Gasteiger partial charge in [0.2, 0.25) is 0 Å². The van der Waals surface area contributed by atoms with Gasteiger partial charge in [0.1, 0.15) is 5.69 Å². The molecule has 0 radical (unpaired) electrons. The highest BCUT2D eigenvalue weighted by atomic mass is 15.3. The van der Waals surface area contributed by atoms with Crippen molar-refractivity contribution >= 4 is 5.78 Å². The van der Waals surface area contributed by atoms with E-state index in [4.69, 9.17) is 0 Å². The van der Waals surface area contributed by atoms with E-state index in [-0.39, 0.29) is 0 Å². The lowest BCUT2D eigenvalue weighted by Crippen LogP contribution is -2.02. The van der Waals surface area contributed by atoms with Gasteiger partial charge in [0, 0.05) is 32.4 Å². The van der Waals surface area contributed by atoms with E-state index >= 15 is 0 Å². The van der Waals surface area contributed by atoms with Crippen molar-refractivity contribution < 1.29 is 0 Å². The third kappa shape index (κ3) is 3.10. The second-order valence-electron chi connectivity index (χ2n) is 6.67. The summed E-state index contributed by atoms with van der Waals surface area (Å²) in [5.41, 5.74) is 5.00. The first kappa shape index (κ1) is 16.4. The molecule has 0 amide bonds. The monoisotopic (exact) mass is 350 g/mol. The Morgan fingerprint density at radius 2 is 1.92 bits per heavy atom. The average Bonchev–Trinajstić information content (AvgIpc) is 3.14. The van der Waals surface area contributed by atoms with Crippen molar-refractivity contribution in [1.29, 1.82) is 0 Å². The highest BCUT2D eigenvalue weighted by Gasteiger charge is 2.27. The fourth-order valence-electron chi connectivity index (χ4n) is 2.81. The van der Waals surface area contributed by atoms with Gasteiger partial charge in [-0.25, -0.2) is 14.5 Å². The van der Waals surface area contributed by atoms with Crippen molar-refractivity contribution in [3.05, 3.63) is 47.8 Å². The molecule has 1 saturated carbocycles. The van der Waals surface area contributed by atoms with Crippen LogP contribution >= 0.6 is 0 Å². The molecule has 26 heavy (non-hydrogen) atoms. The highest BCUT2D eigenvalue weighted by molar-refractivity contribution is 5.55. The minimum Gasteiger partial charge on any atom is -0.276 e. The first-order valence-corrected chi connectivity index (χ1v) is 8.70. The Balaban J connectivity index is 0.000000240. The van der Waals surface area contributed by atoms with E-state index in [2.05, 4.69) is 31.3 Å². The van der Waals surface area contributed by atoms with Crippen LogP contribution in [0.15, 0.2) is 30.7 Å². The lowest BCUT2D eigenvalue weighted by atomic mass is 10.2. The maximum atomic E-state index is 4.65. The molecule has 0 aliphatic heterocycles. The predicted molar refractivity (Wildman–Crippen MR) is 97.6 cm³/mol. The van der Waals surface area contributed by atoms with E-state index in [0.29, 0.717) is 11.7 Å². The number of hydrogen-bond donors (Lipinski definition) is 0. The van der Waals surface area contributed by atoms with Gasteiger partial charge in [-0.1, -0.05) is 0 Å². The van der Waals surface area contributed by atoms with Gasteiger partial charge in [-0.3, -0.25) is 9.36 Å². The summed E-state index contributed by atoms with van der Waals surface area (Å²) in [6.07, 6.45) is 7.91. The van der Waals surface area contributed by atoms with Crippen molar-refractivity contribution in [2.24, 2.45) is 14.1 Å². The van der Waals surface area contributed by atoms with Crippen LogP contribution in [-0.4, -0.2) is 39.1 Å². The average molecular weight is 350 g/mol. The molecule has 8 nitrogen and oxygen atoms in total. The number of aryl methyl sites for hydroxylation is 4. The predicted octanol–water partition coefficient (Wildman–Crippen LogP) is 2.44. The molecule has 0 N–H and O–H groups in total. The van der Waals surface area contributed by atoms with Crippen molar-refractivity contribution in [2.45, 2.75) is 32.6 Å². The quantitative estimate of drug-likeness (QED) is 0.555. The highest BCUT2D eigenvalue weighted by Crippen LogP contribution is 2.40. The molecule has 5 rings (SSSR count). The summed E-state index contributed by atoms with van der Waals surface area (Å²) >= 11 is 0. The minimum atomic E-state index is 0.642. The summed E-state index contributed by atoms with van der Waals surface area (Å²) in [5.74, 6) is 1.29. The SMILES string of the molecule is Cc1nc2ncc(-c3cc(C4CC4)nn3C)nn2c1C.Cn1cccn1. The summed E-state index contributed by atoms with van der Waals surface area (Å²) in [6.45, 7) is 3.98. The Bertz CT molecular complexity index is 1040. The summed E-state index contributed by atoms with van der Waals surface area (Å²) < 4.78 is 5.44. The van der Waals surface area contributed by atoms with Crippen LogP contribution < -0.4 is 0 Å². The molecule has 134 valence electrons. The fourth-order valence-corrected chi connectivity index (χ4v) is 2.81. The van der Waals surface area contributed by atoms with Gasteiger partial charge in [0.15, 0.2) is 0 Å². The van der Waals surface area contributed by atoms with E-state index in [1.165, 1.54) is 18.5 Å². The van der Waals surface area contributed by atoms with Gasteiger partial charge in [-0.15, -0.1) is 0 Å². The number of rotatable bonds is 2. The molecule has 4 aromatic heterocycles. The Hall–Kier alpha value is -3.03. The summed E-state index contributed by atoms with van der Waals surface area (Å²) in [6, 6.07) is 4.02. The van der Waals surface area contributed by atoms with Crippen LogP contribution in [0.4, 0.5) is 0 Å². The standard InChI is InChI=1S/C14H16N6.C4H6N2/c1-8-9(2)20-14(16-8)15-7-12(18-20)13-6-11(10-4-5-10)17-19(13)3;1-6-4-2-3-5-6/h6-7,10H,4-5H2,1-3H3;2-4H,1H3. The van der Waals surface area contributed by atoms with Crippen molar-refractivity contribution in [2.75, 3.05) is 0 Å². The molecule has 1 fully saturated rings. The van der Waals surface area contributed by atoms with Crippen LogP contribution in [0.1, 0.15) is 35.8 Å². The summed E-state index contributed by atoms with van der Waals surface area (Å²) in [5, 5.41) is 13.1. The molecule has 4 aromatic rings. The van der Waals surface area contributed by atoms with Crippen molar-refractivity contribution in [3.8, 4) is 11.4 Å². The van der Waals surface area contributed by atoms with Crippen LogP contribution in [0.5, 0.6) is 0 Å². The van der Waals surface area contributed by atoms with Gasteiger partial charge in [-0.2, -0.15) is 15.3 Å². The second kappa shape index (κ2) is 6.36. The normalized spacial score (nSPS) is 13.7. The van der Waals surface area contributed by atoms with E-state index < -0.39 is 0 Å². The van der Waals surface area contributed by atoms with Crippen molar-refractivity contribution in [3.63, 3.8) is 0 Å². The Kier molecular flexibility index (Phi) is 4.02. The number of hydrogen-bond acceptors (Lipinski definition) is 5.